The van der Waals surface area contributed by atoms with E-state index in [4.69, 9.17) is 10.4 Å². The smallest absolute Gasteiger partial charge is 0.308 e. The number of hydrogen-bond acceptors (Lipinski definition) is 3. The Morgan fingerprint density at radius 2 is 2.35 bits per heavy atom. The Labute approximate surface area is 97.9 Å². The van der Waals surface area contributed by atoms with Crippen LogP contribution in [0.1, 0.15) is 12.0 Å². The third-order valence-electron chi connectivity index (χ3n) is 2.95. The number of halogens is 1. The molecule has 1 fully saturated rings. The Morgan fingerprint density at radius 1 is 1.59 bits per heavy atom. The highest BCUT2D eigenvalue weighted by Crippen LogP contribution is 2.26. The van der Waals surface area contributed by atoms with Crippen molar-refractivity contribution in [3.05, 3.63) is 29.6 Å². The van der Waals surface area contributed by atoms with Gasteiger partial charge in [0, 0.05) is 13.1 Å². The summed E-state index contributed by atoms with van der Waals surface area (Å²) in [5, 5.41) is 17.5. The maximum atomic E-state index is 13.7. The molecule has 0 bridgehead atoms. The summed E-state index contributed by atoms with van der Waals surface area (Å²) in [6.45, 7) is 0.845. The van der Waals surface area contributed by atoms with Crippen molar-refractivity contribution in [2.24, 2.45) is 5.92 Å². The summed E-state index contributed by atoms with van der Waals surface area (Å²) in [7, 11) is 0. The lowest BCUT2D eigenvalue weighted by atomic mass is 10.1. The molecule has 0 aliphatic carbocycles. The third kappa shape index (κ3) is 2.21. The first-order chi connectivity index (χ1) is 8.11. The Morgan fingerprint density at radius 3 is 2.88 bits per heavy atom. The van der Waals surface area contributed by atoms with Crippen molar-refractivity contribution < 1.29 is 14.3 Å². The zero-order chi connectivity index (χ0) is 12.4. The number of carboxylic acid groups (broad SMARTS) is 1. The molecule has 1 aliphatic rings. The van der Waals surface area contributed by atoms with Gasteiger partial charge in [-0.05, 0) is 24.6 Å². The largest absolute Gasteiger partial charge is 0.481 e. The average molecular weight is 234 g/mol. The molecule has 17 heavy (non-hydrogen) atoms. The van der Waals surface area contributed by atoms with E-state index < -0.39 is 17.7 Å². The third-order valence-corrected chi connectivity index (χ3v) is 2.95. The highest BCUT2D eigenvalue weighted by atomic mass is 19.1. The van der Waals surface area contributed by atoms with E-state index in [9.17, 15) is 9.18 Å². The topological polar surface area (TPSA) is 64.3 Å². The Bertz CT molecular complexity index is 496. The van der Waals surface area contributed by atoms with Gasteiger partial charge in [0.1, 0.15) is 5.82 Å². The summed E-state index contributed by atoms with van der Waals surface area (Å²) in [5.74, 6) is -1.76. The molecule has 0 amide bonds. The summed E-state index contributed by atoms with van der Waals surface area (Å²) in [6.07, 6.45) is 0.523. The van der Waals surface area contributed by atoms with Crippen molar-refractivity contribution in [2.45, 2.75) is 6.42 Å². The zero-order valence-electron chi connectivity index (χ0n) is 9.06. The standard InChI is InChI=1S/C12H11FN2O2/c13-10-5-8(6-14)1-2-11(10)15-4-3-9(7-15)12(16)17/h1-2,5,9H,3-4,7H2,(H,16,17)/t9-/m1/s1. The molecule has 0 spiro atoms. The number of carboxylic acids is 1. The second kappa shape index (κ2) is 4.42. The Kier molecular flexibility index (Phi) is 2.96. The molecule has 5 heteroatoms. The fraction of sp³-hybridized carbons (Fsp3) is 0.333. The second-order valence-corrected chi connectivity index (χ2v) is 4.05. The van der Waals surface area contributed by atoms with E-state index in [1.807, 2.05) is 6.07 Å². The first-order valence-electron chi connectivity index (χ1n) is 5.29. The van der Waals surface area contributed by atoms with Crippen LogP contribution in [0.2, 0.25) is 0 Å². The van der Waals surface area contributed by atoms with Gasteiger partial charge in [-0.1, -0.05) is 0 Å². The lowest BCUT2D eigenvalue weighted by Crippen LogP contribution is -2.23. The van der Waals surface area contributed by atoms with E-state index in [2.05, 4.69) is 0 Å². The van der Waals surface area contributed by atoms with Gasteiger partial charge < -0.3 is 10.0 Å². The molecule has 88 valence electrons. The minimum atomic E-state index is -0.846. The normalized spacial score (nSPS) is 19.1. The minimum Gasteiger partial charge on any atom is -0.481 e. The second-order valence-electron chi connectivity index (χ2n) is 4.05. The molecule has 0 saturated carbocycles. The first kappa shape index (κ1) is 11.4. The predicted octanol–water partition coefficient (Wildman–Crippen LogP) is 1.61. The highest BCUT2D eigenvalue weighted by Gasteiger charge is 2.29. The average Bonchev–Trinajstić information content (AvgIpc) is 2.78. The fourth-order valence-corrected chi connectivity index (χ4v) is 2.01. The number of nitriles is 1. The van der Waals surface area contributed by atoms with Crippen LogP contribution in [0, 0.1) is 23.1 Å². The number of nitrogens with zero attached hydrogens (tertiary/aromatic N) is 2. The molecule has 1 saturated heterocycles. The minimum absolute atomic E-state index is 0.264. The molecule has 1 aliphatic heterocycles. The maximum absolute atomic E-state index is 13.7. The summed E-state index contributed by atoms with van der Waals surface area (Å²) in [6, 6.07) is 6.09. The van der Waals surface area contributed by atoms with E-state index in [0.717, 1.165) is 0 Å². The van der Waals surface area contributed by atoms with Gasteiger partial charge in [-0.3, -0.25) is 4.79 Å². The molecule has 1 heterocycles. The van der Waals surface area contributed by atoms with Crippen LogP contribution in [0.25, 0.3) is 0 Å². The number of aliphatic carboxylic acids is 1. The zero-order valence-corrected chi connectivity index (χ0v) is 9.06. The first-order valence-corrected chi connectivity index (χ1v) is 5.29. The molecule has 2 rings (SSSR count). The van der Waals surface area contributed by atoms with Crippen LogP contribution in [-0.2, 0) is 4.79 Å². The van der Waals surface area contributed by atoms with Gasteiger partial charge in [0.05, 0.1) is 23.2 Å². The molecule has 1 aromatic rings. The fourth-order valence-electron chi connectivity index (χ4n) is 2.01. The molecule has 0 aromatic heterocycles. The number of rotatable bonds is 2. The van der Waals surface area contributed by atoms with E-state index >= 15 is 0 Å². The molecule has 4 nitrogen and oxygen atoms in total. The Balaban J connectivity index is 2.20. The number of carbonyl (C=O) groups is 1. The predicted molar refractivity (Wildman–Crippen MR) is 59.1 cm³/mol. The van der Waals surface area contributed by atoms with Crippen LogP contribution in [0.3, 0.4) is 0 Å². The summed E-state index contributed by atoms with van der Waals surface area (Å²) in [4.78, 5) is 12.5. The summed E-state index contributed by atoms with van der Waals surface area (Å²) >= 11 is 0. The van der Waals surface area contributed by atoms with E-state index in [1.165, 1.54) is 18.2 Å². The molecule has 1 aromatic carbocycles. The van der Waals surface area contributed by atoms with Crippen LogP contribution >= 0.6 is 0 Å². The van der Waals surface area contributed by atoms with Gasteiger partial charge in [0.2, 0.25) is 0 Å². The van der Waals surface area contributed by atoms with E-state index in [-0.39, 0.29) is 5.56 Å². The molecule has 0 radical (unpaired) electrons. The molecular weight excluding hydrogens is 223 g/mol. The van der Waals surface area contributed by atoms with Gasteiger partial charge in [-0.15, -0.1) is 0 Å². The van der Waals surface area contributed by atoms with E-state index in [0.29, 0.717) is 25.2 Å². The lowest BCUT2D eigenvalue weighted by molar-refractivity contribution is -0.140. The highest BCUT2D eigenvalue weighted by molar-refractivity contribution is 5.72. The molecule has 0 unspecified atom stereocenters. The van der Waals surface area contributed by atoms with Crippen molar-refractivity contribution in [3.63, 3.8) is 0 Å². The SMILES string of the molecule is N#Cc1ccc(N2CC[C@@H](C(=O)O)C2)c(F)c1. The van der Waals surface area contributed by atoms with Crippen molar-refractivity contribution in [1.29, 1.82) is 5.26 Å². The number of benzene rings is 1. The van der Waals surface area contributed by atoms with Crippen LogP contribution in [0.5, 0.6) is 0 Å². The van der Waals surface area contributed by atoms with Crippen molar-refractivity contribution in [2.75, 3.05) is 18.0 Å². The quantitative estimate of drug-likeness (QED) is 0.844. The van der Waals surface area contributed by atoms with Crippen LogP contribution in [-0.4, -0.2) is 24.2 Å². The van der Waals surface area contributed by atoms with Gasteiger partial charge in [0.15, 0.2) is 0 Å². The monoisotopic (exact) mass is 234 g/mol. The molecule has 1 atom stereocenters. The van der Waals surface area contributed by atoms with Gasteiger partial charge in [-0.2, -0.15) is 5.26 Å². The molecular formula is C12H11FN2O2. The number of hydrogen-bond donors (Lipinski definition) is 1. The van der Waals surface area contributed by atoms with Gasteiger partial charge >= 0.3 is 5.97 Å². The Hall–Kier alpha value is -2.09. The summed E-state index contributed by atoms with van der Waals surface area (Å²) < 4.78 is 13.7. The van der Waals surface area contributed by atoms with Crippen LogP contribution in [0.15, 0.2) is 18.2 Å². The summed E-state index contributed by atoms with van der Waals surface area (Å²) in [5.41, 5.74) is 0.632. The molecule has 1 N–H and O–H groups in total. The van der Waals surface area contributed by atoms with Crippen molar-refractivity contribution >= 4 is 11.7 Å². The number of anilines is 1. The van der Waals surface area contributed by atoms with Crippen LogP contribution < -0.4 is 4.90 Å². The van der Waals surface area contributed by atoms with Gasteiger partial charge in [0.25, 0.3) is 0 Å². The van der Waals surface area contributed by atoms with E-state index in [1.54, 1.807) is 4.90 Å². The van der Waals surface area contributed by atoms with Gasteiger partial charge in [-0.25, -0.2) is 4.39 Å². The van der Waals surface area contributed by atoms with Crippen molar-refractivity contribution in [3.8, 4) is 6.07 Å². The van der Waals surface area contributed by atoms with Crippen LogP contribution in [0.4, 0.5) is 10.1 Å². The van der Waals surface area contributed by atoms with Crippen molar-refractivity contribution in [1.82, 2.24) is 0 Å². The maximum Gasteiger partial charge on any atom is 0.308 e. The lowest BCUT2D eigenvalue weighted by Gasteiger charge is -2.18.